The fraction of sp³-hybridized carbons (Fsp3) is 0.808. The standard InChI is InChI=1S/C26H44N4O/c1-18-16-20-21(22(27-18)26(5,6)7)28-24(29-23(20)31)30(15-14-25(2,3)4)17-19-12-10-8-9-11-13-19/h18-19H,8-17H2,1-7H3,(H,28,29,31). The quantitative estimate of drug-likeness (QED) is 0.606. The van der Waals surface area contributed by atoms with Crippen LogP contribution in [0.3, 0.4) is 0 Å². The van der Waals surface area contributed by atoms with Gasteiger partial charge in [0.15, 0.2) is 0 Å². The van der Waals surface area contributed by atoms with Crippen LogP contribution in [-0.2, 0) is 6.42 Å². The fourth-order valence-corrected chi connectivity index (χ4v) is 4.80. The number of nitrogens with one attached hydrogen (secondary N) is 1. The van der Waals surface area contributed by atoms with E-state index in [0.29, 0.717) is 12.3 Å². The number of fused-ring (bicyclic) bond motifs is 1. The van der Waals surface area contributed by atoms with Crippen LogP contribution in [0.5, 0.6) is 0 Å². The highest BCUT2D eigenvalue weighted by Gasteiger charge is 2.32. The summed E-state index contributed by atoms with van der Waals surface area (Å²) in [5.41, 5.74) is 2.72. The zero-order valence-electron chi connectivity index (χ0n) is 21.0. The molecule has 1 fully saturated rings. The Balaban J connectivity index is 1.98. The number of anilines is 1. The Bertz CT molecular complexity index is 832. The molecule has 1 aromatic rings. The molecule has 2 heterocycles. The monoisotopic (exact) mass is 428 g/mol. The maximum atomic E-state index is 13.2. The third-order valence-electron chi connectivity index (χ3n) is 6.67. The fourth-order valence-electron chi connectivity index (χ4n) is 4.80. The van der Waals surface area contributed by atoms with Crippen molar-refractivity contribution < 1.29 is 0 Å². The van der Waals surface area contributed by atoms with E-state index in [1.807, 2.05) is 0 Å². The number of hydrogen-bond acceptors (Lipinski definition) is 4. The van der Waals surface area contributed by atoms with E-state index in [4.69, 9.17) is 9.98 Å². The van der Waals surface area contributed by atoms with Crippen LogP contribution in [0, 0.1) is 16.7 Å². The van der Waals surface area contributed by atoms with Gasteiger partial charge < -0.3 is 4.90 Å². The molecular formula is C26H44N4O. The van der Waals surface area contributed by atoms with Crippen molar-refractivity contribution in [1.82, 2.24) is 9.97 Å². The van der Waals surface area contributed by atoms with Gasteiger partial charge in [0.25, 0.3) is 5.56 Å². The summed E-state index contributed by atoms with van der Waals surface area (Å²) in [6.45, 7) is 17.3. The molecule has 0 radical (unpaired) electrons. The van der Waals surface area contributed by atoms with Crippen molar-refractivity contribution in [2.75, 3.05) is 18.0 Å². The summed E-state index contributed by atoms with van der Waals surface area (Å²) in [4.78, 5) is 28.7. The Morgan fingerprint density at radius 1 is 1.03 bits per heavy atom. The number of aromatic nitrogens is 2. The third kappa shape index (κ3) is 6.43. The molecule has 31 heavy (non-hydrogen) atoms. The first-order valence-electron chi connectivity index (χ1n) is 12.4. The first-order chi connectivity index (χ1) is 14.4. The maximum absolute atomic E-state index is 13.2. The minimum atomic E-state index is -0.140. The van der Waals surface area contributed by atoms with Crippen LogP contribution in [0.25, 0.3) is 0 Å². The molecule has 2 aliphatic rings. The first-order valence-corrected chi connectivity index (χ1v) is 12.4. The number of rotatable bonds is 5. The van der Waals surface area contributed by atoms with Crippen molar-refractivity contribution in [3.05, 3.63) is 21.6 Å². The highest BCUT2D eigenvalue weighted by Crippen LogP contribution is 2.30. The van der Waals surface area contributed by atoms with E-state index in [2.05, 4.69) is 58.4 Å². The number of H-pyrrole nitrogens is 1. The molecule has 1 aromatic heterocycles. The van der Waals surface area contributed by atoms with Crippen molar-refractivity contribution in [2.24, 2.45) is 21.7 Å². The lowest BCUT2D eigenvalue weighted by atomic mass is 9.83. The van der Waals surface area contributed by atoms with Crippen molar-refractivity contribution in [2.45, 2.75) is 106 Å². The number of aromatic amines is 1. The Hall–Kier alpha value is -1.65. The molecule has 1 aliphatic carbocycles. The second-order valence-electron chi connectivity index (χ2n) is 12.1. The summed E-state index contributed by atoms with van der Waals surface area (Å²) in [6, 6.07) is 0.124. The second-order valence-corrected chi connectivity index (χ2v) is 12.1. The Morgan fingerprint density at radius 3 is 2.26 bits per heavy atom. The van der Waals surface area contributed by atoms with Crippen LogP contribution < -0.4 is 10.5 Å². The van der Waals surface area contributed by atoms with Crippen LogP contribution in [-0.4, -0.2) is 34.8 Å². The predicted molar refractivity (Wildman–Crippen MR) is 131 cm³/mol. The van der Waals surface area contributed by atoms with Crippen molar-refractivity contribution >= 4 is 11.7 Å². The van der Waals surface area contributed by atoms with E-state index in [9.17, 15) is 4.79 Å². The molecule has 174 valence electrons. The highest BCUT2D eigenvalue weighted by atomic mass is 16.1. The number of nitrogens with zero attached hydrogens (tertiary/aromatic N) is 3. The van der Waals surface area contributed by atoms with Gasteiger partial charge in [0.2, 0.25) is 5.95 Å². The molecular weight excluding hydrogens is 384 g/mol. The van der Waals surface area contributed by atoms with Crippen LogP contribution in [0.4, 0.5) is 5.95 Å². The largest absolute Gasteiger partial charge is 0.342 e. The average molecular weight is 429 g/mol. The summed E-state index contributed by atoms with van der Waals surface area (Å²) in [5.74, 6) is 1.42. The van der Waals surface area contributed by atoms with Crippen LogP contribution in [0.15, 0.2) is 9.79 Å². The van der Waals surface area contributed by atoms with Gasteiger partial charge in [0.1, 0.15) is 0 Å². The Morgan fingerprint density at radius 2 is 1.68 bits per heavy atom. The molecule has 0 bridgehead atoms. The molecule has 1 unspecified atom stereocenters. The van der Waals surface area contributed by atoms with Gasteiger partial charge in [-0.2, -0.15) is 0 Å². The lowest BCUT2D eigenvalue weighted by Gasteiger charge is -2.32. The van der Waals surface area contributed by atoms with Gasteiger partial charge in [-0.1, -0.05) is 67.2 Å². The molecule has 0 amide bonds. The SMILES string of the molecule is CC1Cc2c(nc(N(CCC(C)(C)C)CC3CCCCCC3)[nH]c2=O)C(C(C)(C)C)=N1. The summed E-state index contributed by atoms with van der Waals surface area (Å²) < 4.78 is 0. The van der Waals surface area contributed by atoms with Crippen molar-refractivity contribution in [3.8, 4) is 0 Å². The third-order valence-corrected chi connectivity index (χ3v) is 6.67. The summed E-state index contributed by atoms with van der Waals surface area (Å²) in [7, 11) is 0. The van der Waals surface area contributed by atoms with Crippen LogP contribution in [0.1, 0.15) is 105 Å². The Kier molecular flexibility index (Phi) is 7.32. The van der Waals surface area contributed by atoms with Crippen LogP contribution >= 0.6 is 0 Å². The summed E-state index contributed by atoms with van der Waals surface area (Å²) in [6.07, 6.45) is 9.67. The van der Waals surface area contributed by atoms with Crippen molar-refractivity contribution in [3.63, 3.8) is 0 Å². The van der Waals surface area contributed by atoms with Gasteiger partial charge in [0.05, 0.1) is 17.4 Å². The molecule has 1 atom stereocenters. The molecule has 1 N–H and O–H groups in total. The van der Waals surface area contributed by atoms with Crippen LogP contribution in [0.2, 0.25) is 0 Å². The number of hydrogen-bond donors (Lipinski definition) is 1. The topological polar surface area (TPSA) is 61.4 Å². The molecule has 0 saturated heterocycles. The normalized spacial score (nSPS) is 20.7. The average Bonchev–Trinajstić information content (AvgIpc) is 2.92. The molecule has 1 aliphatic heterocycles. The Labute approximate surface area is 189 Å². The molecule has 0 spiro atoms. The van der Waals surface area contributed by atoms with Gasteiger partial charge in [-0.15, -0.1) is 0 Å². The van der Waals surface area contributed by atoms with E-state index in [1.165, 1.54) is 38.5 Å². The molecule has 0 aromatic carbocycles. The molecule has 3 rings (SSSR count). The zero-order chi connectivity index (χ0) is 22.8. The van der Waals surface area contributed by atoms with Gasteiger partial charge in [-0.05, 0) is 37.5 Å². The smallest absolute Gasteiger partial charge is 0.256 e. The minimum Gasteiger partial charge on any atom is -0.342 e. The lowest BCUT2D eigenvalue weighted by molar-refractivity contribution is 0.366. The molecule has 5 heteroatoms. The van der Waals surface area contributed by atoms with E-state index in [0.717, 1.165) is 42.4 Å². The van der Waals surface area contributed by atoms with E-state index < -0.39 is 0 Å². The van der Waals surface area contributed by atoms with E-state index in [-0.39, 0.29) is 22.4 Å². The van der Waals surface area contributed by atoms with Gasteiger partial charge in [-0.3, -0.25) is 14.8 Å². The van der Waals surface area contributed by atoms with E-state index >= 15 is 0 Å². The second kappa shape index (κ2) is 9.46. The number of aliphatic imine (C=N–C) groups is 1. The predicted octanol–water partition coefficient (Wildman–Crippen LogP) is 5.76. The minimum absolute atomic E-state index is 0.0186. The molecule has 1 saturated carbocycles. The molecule has 5 nitrogen and oxygen atoms in total. The van der Waals surface area contributed by atoms with Gasteiger partial charge >= 0.3 is 0 Å². The summed E-state index contributed by atoms with van der Waals surface area (Å²) in [5, 5.41) is 0. The lowest BCUT2D eigenvalue weighted by Crippen LogP contribution is -2.39. The van der Waals surface area contributed by atoms with E-state index in [1.54, 1.807) is 0 Å². The van der Waals surface area contributed by atoms with Gasteiger partial charge in [-0.25, -0.2) is 4.98 Å². The maximum Gasteiger partial charge on any atom is 0.256 e. The van der Waals surface area contributed by atoms with Crippen molar-refractivity contribution in [1.29, 1.82) is 0 Å². The zero-order valence-corrected chi connectivity index (χ0v) is 21.0. The van der Waals surface area contributed by atoms with Gasteiger partial charge in [0, 0.05) is 30.5 Å². The summed E-state index contributed by atoms with van der Waals surface area (Å²) >= 11 is 0. The highest BCUT2D eigenvalue weighted by molar-refractivity contribution is 6.04. The first kappa shape index (κ1) is 24.0.